The molecule has 1 atom stereocenters. The molecule has 1 aliphatic heterocycles. The first-order chi connectivity index (χ1) is 14.9. The summed E-state index contributed by atoms with van der Waals surface area (Å²) in [5.41, 5.74) is 1.68. The fourth-order valence-corrected chi connectivity index (χ4v) is 3.43. The smallest absolute Gasteiger partial charge is 0.261 e. The van der Waals surface area contributed by atoms with Crippen molar-refractivity contribution in [3.63, 3.8) is 0 Å². The van der Waals surface area contributed by atoms with Gasteiger partial charge in [-0.1, -0.05) is 12.1 Å². The zero-order valence-electron chi connectivity index (χ0n) is 17.9. The van der Waals surface area contributed by atoms with Crippen LogP contribution in [0.5, 0.6) is 11.5 Å². The molecule has 2 aromatic rings. The Hall–Kier alpha value is -3.61. The number of hydrogen-bond donors (Lipinski definition) is 1. The number of rotatable bonds is 9. The Morgan fingerprint density at radius 3 is 2.39 bits per heavy atom. The maximum absolute atomic E-state index is 12.8. The number of carbonyl (C=O) groups is 3. The lowest BCUT2D eigenvalue weighted by atomic mass is 10.0. The van der Waals surface area contributed by atoms with Gasteiger partial charge in [-0.05, 0) is 56.7 Å². The van der Waals surface area contributed by atoms with Crippen molar-refractivity contribution in [2.75, 3.05) is 19.8 Å². The van der Waals surface area contributed by atoms with Crippen LogP contribution in [0.1, 0.15) is 63.5 Å². The molecule has 1 aliphatic rings. The van der Waals surface area contributed by atoms with E-state index in [0.29, 0.717) is 35.8 Å². The van der Waals surface area contributed by atoms with Crippen molar-refractivity contribution in [3.05, 3.63) is 71.3 Å². The molecule has 2 aromatic carbocycles. The molecular weight excluding hydrogens is 396 g/mol. The molecule has 0 spiro atoms. The van der Waals surface area contributed by atoms with Crippen molar-refractivity contribution < 1.29 is 23.9 Å². The first kappa shape index (κ1) is 22.1. The van der Waals surface area contributed by atoms with Gasteiger partial charge in [0.1, 0.15) is 0 Å². The fraction of sp³-hybridized carbons (Fsp3) is 0.292. The molecule has 1 heterocycles. The van der Waals surface area contributed by atoms with Gasteiger partial charge in [0.25, 0.3) is 17.7 Å². The first-order valence-corrected chi connectivity index (χ1v) is 10.2. The number of nitrogens with one attached hydrogen (secondary N) is 1. The molecule has 0 aliphatic carbocycles. The summed E-state index contributed by atoms with van der Waals surface area (Å²) < 4.78 is 11.2. The Morgan fingerprint density at radius 2 is 1.71 bits per heavy atom. The van der Waals surface area contributed by atoms with Crippen LogP contribution in [-0.2, 0) is 0 Å². The van der Waals surface area contributed by atoms with Gasteiger partial charge < -0.3 is 14.8 Å². The van der Waals surface area contributed by atoms with Crippen molar-refractivity contribution in [2.24, 2.45) is 0 Å². The van der Waals surface area contributed by atoms with Crippen molar-refractivity contribution >= 4 is 17.7 Å². The molecule has 0 saturated heterocycles. The molecular formula is C24H26N2O5. The van der Waals surface area contributed by atoms with E-state index in [9.17, 15) is 14.4 Å². The minimum atomic E-state index is -0.421. The van der Waals surface area contributed by atoms with E-state index in [1.165, 1.54) is 18.2 Å². The first-order valence-electron chi connectivity index (χ1n) is 10.2. The van der Waals surface area contributed by atoms with Crippen LogP contribution in [0.4, 0.5) is 0 Å². The van der Waals surface area contributed by atoms with Crippen molar-refractivity contribution in [1.82, 2.24) is 10.2 Å². The minimum absolute atomic E-state index is 0.130. The number of imide groups is 1. The Kier molecular flexibility index (Phi) is 6.74. The fourth-order valence-electron chi connectivity index (χ4n) is 3.43. The average molecular weight is 422 g/mol. The van der Waals surface area contributed by atoms with Gasteiger partial charge in [0.05, 0.1) is 30.4 Å². The van der Waals surface area contributed by atoms with E-state index in [1.807, 2.05) is 39.0 Å². The highest BCUT2D eigenvalue weighted by Gasteiger charge is 2.35. The van der Waals surface area contributed by atoms with Crippen LogP contribution in [0.25, 0.3) is 0 Å². The average Bonchev–Trinajstić information content (AvgIpc) is 3.00. The lowest BCUT2D eigenvalue weighted by molar-refractivity contribution is 0.0672. The van der Waals surface area contributed by atoms with E-state index in [2.05, 4.69) is 11.9 Å². The number of hydrogen-bond acceptors (Lipinski definition) is 5. The van der Waals surface area contributed by atoms with Gasteiger partial charge in [0.15, 0.2) is 11.5 Å². The van der Waals surface area contributed by atoms with Gasteiger partial charge in [-0.3, -0.25) is 19.3 Å². The summed E-state index contributed by atoms with van der Waals surface area (Å²) in [4.78, 5) is 38.8. The molecule has 1 N–H and O–H groups in total. The number of fused-ring (bicyclic) bond motifs is 1. The highest BCUT2D eigenvalue weighted by Crippen LogP contribution is 2.31. The van der Waals surface area contributed by atoms with Crippen LogP contribution in [0.2, 0.25) is 0 Å². The Labute approximate surface area is 181 Å². The summed E-state index contributed by atoms with van der Waals surface area (Å²) in [6.45, 7) is 10.4. The predicted molar refractivity (Wildman–Crippen MR) is 117 cm³/mol. The number of nitrogens with zero attached hydrogens (tertiary/aromatic N) is 1. The van der Waals surface area contributed by atoms with Crippen molar-refractivity contribution in [3.8, 4) is 11.5 Å². The van der Waals surface area contributed by atoms with Gasteiger partial charge in [-0.15, -0.1) is 6.58 Å². The summed E-state index contributed by atoms with van der Waals surface area (Å²) in [6, 6.07) is 9.75. The third-order valence-electron chi connectivity index (χ3n) is 4.96. The van der Waals surface area contributed by atoms with E-state index in [0.717, 1.165) is 10.5 Å². The second-order valence-corrected chi connectivity index (χ2v) is 7.04. The second-order valence-electron chi connectivity index (χ2n) is 7.04. The Balaban J connectivity index is 1.78. The van der Waals surface area contributed by atoms with Gasteiger partial charge in [0.2, 0.25) is 0 Å². The zero-order chi connectivity index (χ0) is 22.5. The number of carbonyl (C=O) groups excluding carboxylic acids is 3. The van der Waals surface area contributed by atoms with E-state index in [-0.39, 0.29) is 30.0 Å². The Bertz CT molecular complexity index is 1030. The van der Waals surface area contributed by atoms with E-state index < -0.39 is 5.91 Å². The monoisotopic (exact) mass is 422 g/mol. The number of benzene rings is 2. The molecule has 0 bridgehead atoms. The van der Waals surface area contributed by atoms with Gasteiger partial charge in [0, 0.05) is 12.1 Å². The summed E-state index contributed by atoms with van der Waals surface area (Å²) in [5.74, 6) is 0.127. The standard InChI is InChI=1S/C24H26N2O5/c1-5-12-26-23(28)18-10-8-17(13-19(18)24(26)29)22(27)25-15(4)16-9-11-20(30-6-2)21(14-16)31-7-3/h5,8-11,13-15H,1,6-7,12H2,2-4H3,(H,25,27)/t15-/m0/s1. The lowest BCUT2D eigenvalue weighted by Gasteiger charge is -2.17. The predicted octanol–water partition coefficient (Wildman–Crippen LogP) is 3.76. The normalized spacial score (nSPS) is 13.6. The number of ether oxygens (including phenoxy) is 2. The van der Waals surface area contributed by atoms with Gasteiger partial charge in [-0.2, -0.15) is 0 Å². The third-order valence-corrected chi connectivity index (χ3v) is 4.96. The molecule has 7 heteroatoms. The molecule has 0 radical (unpaired) electrons. The maximum Gasteiger partial charge on any atom is 0.261 e. The highest BCUT2D eigenvalue weighted by molar-refractivity contribution is 6.22. The quantitative estimate of drug-likeness (QED) is 0.491. The van der Waals surface area contributed by atoms with Crippen molar-refractivity contribution in [1.29, 1.82) is 0 Å². The molecule has 0 aromatic heterocycles. The van der Waals surface area contributed by atoms with E-state index in [4.69, 9.17) is 9.47 Å². The molecule has 7 nitrogen and oxygen atoms in total. The summed E-state index contributed by atoms with van der Waals surface area (Å²) in [6.07, 6.45) is 1.49. The molecule has 31 heavy (non-hydrogen) atoms. The van der Waals surface area contributed by atoms with Crippen LogP contribution < -0.4 is 14.8 Å². The minimum Gasteiger partial charge on any atom is -0.490 e. The largest absolute Gasteiger partial charge is 0.490 e. The SMILES string of the molecule is C=CCN1C(=O)c2ccc(C(=O)N[C@@H](C)c3ccc(OCC)c(OCC)c3)cc2C1=O. The second kappa shape index (κ2) is 9.47. The molecule has 0 unspecified atom stereocenters. The maximum atomic E-state index is 12.8. The highest BCUT2D eigenvalue weighted by atomic mass is 16.5. The Morgan fingerprint density at radius 1 is 1.03 bits per heavy atom. The third kappa shape index (κ3) is 4.45. The molecule has 3 rings (SSSR count). The van der Waals surface area contributed by atoms with Crippen LogP contribution in [0, 0.1) is 0 Å². The van der Waals surface area contributed by atoms with Crippen LogP contribution in [0.15, 0.2) is 49.1 Å². The van der Waals surface area contributed by atoms with Crippen LogP contribution in [-0.4, -0.2) is 42.4 Å². The molecule has 0 saturated carbocycles. The topological polar surface area (TPSA) is 84.9 Å². The van der Waals surface area contributed by atoms with Crippen LogP contribution >= 0.6 is 0 Å². The van der Waals surface area contributed by atoms with E-state index in [1.54, 1.807) is 6.07 Å². The summed E-state index contributed by atoms with van der Waals surface area (Å²) in [5, 5.41) is 2.93. The van der Waals surface area contributed by atoms with Gasteiger partial charge >= 0.3 is 0 Å². The molecule has 162 valence electrons. The zero-order valence-corrected chi connectivity index (χ0v) is 17.9. The molecule has 3 amide bonds. The van der Waals surface area contributed by atoms with Crippen molar-refractivity contribution in [2.45, 2.75) is 26.8 Å². The van der Waals surface area contributed by atoms with Gasteiger partial charge in [-0.25, -0.2) is 0 Å². The summed E-state index contributed by atoms with van der Waals surface area (Å²) >= 11 is 0. The lowest BCUT2D eigenvalue weighted by Crippen LogP contribution is -2.29. The summed E-state index contributed by atoms with van der Waals surface area (Å²) in [7, 11) is 0. The number of amides is 3. The van der Waals surface area contributed by atoms with Crippen LogP contribution in [0.3, 0.4) is 0 Å². The van der Waals surface area contributed by atoms with E-state index >= 15 is 0 Å². The molecule has 0 fully saturated rings.